The van der Waals surface area contributed by atoms with Gasteiger partial charge in [0.05, 0.1) is 4.90 Å². The first-order valence-corrected chi connectivity index (χ1v) is 7.85. The molecule has 0 fully saturated rings. The summed E-state index contributed by atoms with van der Waals surface area (Å²) in [5.74, 6) is -1.37. The lowest BCUT2D eigenvalue weighted by atomic mass is 10.1. The largest absolute Gasteiger partial charge is 0.573 e. The molecule has 8 heteroatoms. The zero-order valence-electron chi connectivity index (χ0n) is 11.3. The molecule has 1 N–H and O–H groups in total. The van der Waals surface area contributed by atoms with Gasteiger partial charge in [-0.25, -0.2) is 8.42 Å². The Bertz CT molecular complexity index is 781. The van der Waals surface area contributed by atoms with Gasteiger partial charge in [-0.05, 0) is 35.4 Å². The number of alkyl halides is 3. The van der Waals surface area contributed by atoms with Crippen LogP contribution in [-0.4, -0.2) is 26.1 Å². The number of sulfone groups is 1. The summed E-state index contributed by atoms with van der Waals surface area (Å²) >= 11 is 0. The van der Waals surface area contributed by atoms with Crippen molar-refractivity contribution >= 4 is 9.84 Å². The minimum atomic E-state index is -4.92. The summed E-state index contributed by atoms with van der Waals surface area (Å²) < 4.78 is 63.2. The van der Waals surface area contributed by atoms with E-state index in [4.69, 9.17) is 0 Å². The molecule has 0 spiro atoms. The fraction of sp³-hybridized carbons (Fsp3) is 0.143. The van der Waals surface area contributed by atoms with Gasteiger partial charge in [0.25, 0.3) is 0 Å². The van der Waals surface area contributed by atoms with Gasteiger partial charge in [0, 0.05) is 6.26 Å². The second-order valence-electron chi connectivity index (χ2n) is 4.53. The molecule has 22 heavy (non-hydrogen) atoms. The first kappa shape index (κ1) is 16.2. The summed E-state index contributed by atoms with van der Waals surface area (Å²) in [6.45, 7) is 0. The normalized spacial score (nSPS) is 12.2. The van der Waals surface area contributed by atoms with Gasteiger partial charge in [0.1, 0.15) is 0 Å². The Morgan fingerprint density at radius 1 is 1.00 bits per heavy atom. The fourth-order valence-electron chi connectivity index (χ4n) is 1.79. The zero-order chi connectivity index (χ0) is 16.5. The van der Waals surface area contributed by atoms with Crippen molar-refractivity contribution in [1.29, 1.82) is 0 Å². The van der Waals surface area contributed by atoms with Crippen molar-refractivity contribution in [3.8, 4) is 22.6 Å². The summed E-state index contributed by atoms with van der Waals surface area (Å²) in [7, 11) is -3.35. The topological polar surface area (TPSA) is 63.6 Å². The second kappa shape index (κ2) is 5.53. The molecule has 0 heterocycles. The van der Waals surface area contributed by atoms with Crippen LogP contribution in [0.25, 0.3) is 11.1 Å². The van der Waals surface area contributed by atoms with E-state index in [1.165, 1.54) is 30.3 Å². The highest BCUT2D eigenvalue weighted by molar-refractivity contribution is 7.90. The fourth-order valence-corrected chi connectivity index (χ4v) is 2.43. The Balaban J connectivity index is 2.39. The van der Waals surface area contributed by atoms with Gasteiger partial charge >= 0.3 is 6.36 Å². The highest BCUT2D eigenvalue weighted by atomic mass is 32.2. The predicted molar refractivity (Wildman–Crippen MR) is 73.3 cm³/mol. The van der Waals surface area contributed by atoms with Gasteiger partial charge < -0.3 is 9.84 Å². The van der Waals surface area contributed by atoms with Crippen LogP contribution in [0.2, 0.25) is 0 Å². The molecular formula is C14H11F3O4S. The van der Waals surface area contributed by atoms with Crippen molar-refractivity contribution < 1.29 is 31.4 Å². The number of hydrogen-bond donors (Lipinski definition) is 1. The molecule has 2 rings (SSSR count). The van der Waals surface area contributed by atoms with Crippen LogP contribution in [0.3, 0.4) is 0 Å². The molecule has 0 saturated carbocycles. The van der Waals surface area contributed by atoms with E-state index >= 15 is 0 Å². The minimum Gasteiger partial charge on any atom is -0.504 e. The molecule has 0 saturated heterocycles. The maximum Gasteiger partial charge on any atom is 0.573 e. The van der Waals surface area contributed by atoms with Crippen molar-refractivity contribution in [3.63, 3.8) is 0 Å². The lowest BCUT2D eigenvalue weighted by Gasteiger charge is -2.12. The molecule has 2 aromatic rings. The van der Waals surface area contributed by atoms with Gasteiger partial charge in [-0.3, -0.25) is 0 Å². The van der Waals surface area contributed by atoms with Crippen molar-refractivity contribution in [2.24, 2.45) is 0 Å². The average Bonchev–Trinajstić information content (AvgIpc) is 2.39. The van der Waals surface area contributed by atoms with Crippen LogP contribution in [0.1, 0.15) is 0 Å². The quantitative estimate of drug-likeness (QED) is 0.936. The average molecular weight is 332 g/mol. The summed E-state index contributed by atoms with van der Waals surface area (Å²) in [6.07, 6.45) is -3.87. The van der Waals surface area contributed by atoms with E-state index in [-0.39, 0.29) is 4.90 Å². The first-order chi connectivity index (χ1) is 10.1. The molecule has 0 aliphatic rings. The van der Waals surface area contributed by atoms with E-state index in [1.807, 2.05) is 0 Å². The molecular weight excluding hydrogens is 321 g/mol. The monoisotopic (exact) mass is 332 g/mol. The first-order valence-electron chi connectivity index (χ1n) is 5.95. The third-order valence-corrected chi connectivity index (χ3v) is 3.93. The number of phenolic OH excluding ortho intramolecular Hbond substituents is 1. The number of phenols is 1. The van der Waals surface area contributed by atoms with Crippen LogP contribution in [0, 0.1) is 0 Å². The molecule has 0 amide bonds. The third kappa shape index (κ3) is 3.91. The van der Waals surface area contributed by atoms with E-state index in [1.54, 1.807) is 0 Å². The predicted octanol–water partition coefficient (Wildman–Crippen LogP) is 3.36. The molecule has 0 atom stereocenters. The van der Waals surface area contributed by atoms with E-state index in [0.717, 1.165) is 18.4 Å². The van der Waals surface area contributed by atoms with Crippen molar-refractivity contribution in [3.05, 3.63) is 42.5 Å². The van der Waals surface area contributed by atoms with Crippen molar-refractivity contribution in [2.45, 2.75) is 11.3 Å². The van der Waals surface area contributed by atoms with Crippen LogP contribution < -0.4 is 4.74 Å². The molecule has 0 unspecified atom stereocenters. The highest BCUT2D eigenvalue weighted by Crippen LogP contribution is 2.35. The lowest BCUT2D eigenvalue weighted by Crippen LogP contribution is -2.17. The van der Waals surface area contributed by atoms with Crippen LogP contribution >= 0.6 is 0 Å². The number of benzene rings is 2. The van der Waals surface area contributed by atoms with Crippen molar-refractivity contribution in [1.82, 2.24) is 0 Å². The van der Waals surface area contributed by atoms with E-state index < -0.39 is 27.7 Å². The van der Waals surface area contributed by atoms with Crippen molar-refractivity contribution in [2.75, 3.05) is 6.26 Å². The maximum absolute atomic E-state index is 12.2. The summed E-state index contributed by atoms with van der Waals surface area (Å²) in [4.78, 5) is 0.0989. The third-order valence-electron chi connectivity index (χ3n) is 2.80. The number of rotatable bonds is 3. The van der Waals surface area contributed by atoms with Crippen LogP contribution in [0.5, 0.6) is 11.5 Å². The SMILES string of the molecule is CS(=O)(=O)c1ccc(-c2ccc(O)c(OC(F)(F)F)c2)cc1. The van der Waals surface area contributed by atoms with Crippen LogP contribution in [-0.2, 0) is 9.84 Å². The van der Waals surface area contributed by atoms with Crippen LogP contribution in [0.4, 0.5) is 13.2 Å². The Morgan fingerprint density at radius 3 is 2.05 bits per heavy atom. The van der Waals surface area contributed by atoms with Gasteiger partial charge in [0.15, 0.2) is 21.3 Å². The van der Waals surface area contributed by atoms with E-state index in [0.29, 0.717) is 11.1 Å². The molecule has 0 bridgehead atoms. The summed E-state index contributed by atoms with van der Waals surface area (Å²) in [6, 6.07) is 9.11. The molecule has 0 aliphatic carbocycles. The Kier molecular flexibility index (Phi) is 4.06. The molecule has 0 radical (unpaired) electrons. The zero-order valence-corrected chi connectivity index (χ0v) is 12.1. The van der Waals surface area contributed by atoms with Gasteiger partial charge in [-0.15, -0.1) is 13.2 Å². The molecule has 118 valence electrons. The van der Waals surface area contributed by atoms with Gasteiger partial charge in [0.2, 0.25) is 0 Å². The van der Waals surface area contributed by atoms with E-state index in [2.05, 4.69) is 4.74 Å². The number of aromatic hydroxyl groups is 1. The standard InChI is InChI=1S/C14H11F3O4S/c1-22(19,20)11-5-2-9(3-6-11)10-4-7-12(18)13(8-10)21-14(15,16)17/h2-8,18H,1H3. The lowest BCUT2D eigenvalue weighted by molar-refractivity contribution is -0.275. The Hall–Kier alpha value is -2.22. The molecule has 4 nitrogen and oxygen atoms in total. The number of halogens is 3. The molecule has 0 aliphatic heterocycles. The summed E-state index contributed by atoms with van der Waals surface area (Å²) in [5.41, 5.74) is 0.830. The Labute approximate surface area is 124 Å². The van der Waals surface area contributed by atoms with E-state index in [9.17, 15) is 26.7 Å². The highest BCUT2D eigenvalue weighted by Gasteiger charge is 2.32. The van der Waals surface area contributed by atoms with Crippen LogP contribution in [0.15, 0.2) is 47.4 Å². The smallest absolute Gasteiger partial charge is 0.504 e. The summed E-state index contributed by atoms with van der Waals surface area (Å²) in [5, 5.41) is 9.39. The minimum absolute atomic E-state index is 0.0989. The Morgan fingerprint density at radius 2 is 1.55 bits per heavy atom. The maximum atomic E-state index is 12.2. The van der Waals surface area contributed by atoms with Gasteiger partial charge in [-0.2, -0.15) is 0 Å². The van der Waals surface area contributed by atoms with Gasteiger partial charge in [-0.1, -0.05) is 18.2 Å². The molecule has 2 aromatic carbocycles. The second-order valence-corrected chi connectivity index (χ2v) is 6.54. The molecule has 0 aromatic heterocycles. The number of hydrogen-bond acceptors (Lipinski definition) is 4. The number of ether oxygens (including phenoxy) is 1.